The Kier molecular flexibility index (Phi) is 10.2. The molecule has 0 aromatic carbocycles. The molecule has 0 saturated carbocycles. The predicted molar refractivity (Wildman–Crippen MR) is 84.5 cm³/mol. The fourth-order valence-corrected chi connectivity index (χ4v) is 3.70. The molecule has 0 unspecified atom stereocenters. The molecule has 116 valence electrons. The molecule has 0 aliphatic heterocycles. The van der Waals surface area contributed by atoms with E-state index in [2.05, 4.69) is 0 Å². The molecule has 0 aromatic heterocycles. The van der Waals surface area contributed by atoms with Gasteiger partial charge in [-0.3, -0.25) is 0 Å². The topological polar surface area (TPSA) is 58.9 Å². The Balaban J connectivity index is 3.12. The Bertz CT molecular complexity index is 190. The predicted octanol–water partition coefficient (Wildman–Crippen LogP) is 2.58. The van der Waals surface area contributed by atoms with Crippen LogP contribution in [0.5, 0.6) is 0 Å². The van der Waals surface area contributed by atoms with Gasteiger partial charge in [-0.1, -0.05) is 0 Å². The third kappa shape index (κ3) is 18.3. The second-order valence-electron chi connectivity index (χ2n) is 6.41. The molecule has 0 aliphatic rings. The molecule has 0 aromatic rings. The van der Waals surface area contributed by atoms with E-state index in [1.54, 1.807) is 0 Å². The van der Waals surface area contributed by atoms with Crippen LogP contribution in [0.3, 0.4) is 0 Å². The quantitative estimate of drug-likeness (QED) is 0.430. The first kappa shape index (κ1) is 19.3. The molecule has 4 nitrogen and oxygen atoms in total. The Labute approximate surface area is 120 Å². The van der Waals surface area contributed by atoms with Crippen molar-refractivity contribution in [2.75, 3.05) is 26.4 Å². The Morgan fingerprint density at radius 1 is 0.632 bits per heavy atom. The van der Waals surface area contributed by atoms with E-state index in [9.17, 15) is 9.59 Å². The van der Waals surface area contributed by atoms with E-state index in [4.69, 9.17) is 9.47 Å². The van der Waals surface area contributed by atoms with Crippen LogP contribution in [0.1, 0.15) is 19.3 Å². The summed E-state index contributed by atoms with van der Waals surface area (Å²) in [6.07, 6.45) is 2.82. The largest absolute Gasteiger partial charge is 0.432 e. The molecule has 0 heterocycles. The first-order valence-electron chi connectivity index (χ1n) is 7.31. The minimum Gasteiger partial charge on any atom is -0.432 e. The third-order valence-electron chi connectivity index (χ3n) is 2.73. The fourth-order valence-electron chi connectivity index (χ4n) is 1.68. The van der Waals surface area contributed by atoms with E-state index in [1.807, 2.05) is 26.2 Å². The zero-order valence-electron chi connectivity index (χ0n) is 13.1. The Morgan fingerprint density at radius 2 is 0.947 bits per heavy atom. The van der Waals surface area contributed by atoms with Gasteiger partial charge in [0, 0.05) is 26.4 Å². The van der Waals surface area contributed by atoms with Crippen LogP contribution in [-0.4, -0.2) is 52.7 Å². The van der Waals surface area contributed by atoms with Crippen molar-refractivity contribution in [2.45, 2.75) is 57.5 Å². The minimum atomic E-state index is -1.88. The lowest BCUT2D eigenvalue weighted by Crippen LogP contribution is -2.24. The van der Waals surface area contributed by atoms with Crippen molar-refractivity contribution in [3.63, 3.8) is 0 Å². The van der Waals surface area contributed by atoms with Crippen molar-refractivity contribution in [1.29, 1.82) is 0 Å². The number of rotatable bonds is 12. The summed E-state index contributed by atoms with van der Waals surface area (Å²) < 4.78 is 11.0. The Morgan fingerprint density at radius 3 is 1.26 bits per heavy atom. The number of hydrogen-bond acceptors (Lipinski definition) is 4. The van der Waals surface area contributed by atoms with Gasteiger partial charge in [0.1, 0.15) is 0 Å². The minimum absolute atomic E-state index is 0.730. The van der Waals surface area contributed by atoms with Crippen LogP contribution in [0, 0.1) is 0 Å². The van der Waals surface area contributed by atoms with E-state index < -0.39 is 16.6 Å². The van der Waals surface area contributed by atoms with Crippen LogP contribution in [0.4, 0.5) is 0 Å². The molecule has 0 fully saturated rings. The van der Waals surface area contributed by atoms with Crippen LogP contribution in [0.15, 0.2) is 0 Å². The van der Waals surface area contributed by atoms with Gasteiger partial charge in [-0.25, -0.2) is 0 Å². The lowest BCUT2D eigenvalue weighted by molar-refractivity contribution is 0.0827. The molecule has 2 N–H and O–H groups in total. The van der Waals surface area contributed by atoms with E-state index in [1.165, 1.54) is 0 Å². The summed E-state index contributed by atoms with van der Waals surface area (Å²) in [6.45, 7) is 10.8. The van der Waals surface area contributed by atoms with E-state index in [0.717, 1.165) is 57.8 Å². The molecule has 0 amide bonds. The van der Waals surface area contributed by atoms with Crippen LogP contribution in [0.25, 0.3) is 0 Å². The standard InChI is InChI=1S/C13H32O4Si2/c1-18(2,14)12-6-10-16-8-5-9-17-11-7-13-19(3,4)15/h14-15H,5-13H2,1-4H3. The highest BCUT2D eigenvalue weighted by atomic mass is 28.4. The molecule has 0 saturated heterocycles. The maximum absolute atomic E-state index is 9.65. The lowest BCUT2D eigenvalue weighted by Gasteiger charge is -2.14. The summed E-state index contributed by atoms with van der Waals surface area (Å²) in [7, 11) is -3.77. The maximum Gasteiger partial charge on any atom is 0.182 e. The van der Waals surface area contributed by atoms with Gasteiger partial charge in [0.15, 0.2) is 16.6 Å². The van der Waals surface area contributed by atoms with Crippen molar-refractivity contribution < 1.29 is 19.1 Å². The molecular weight excluding hydrogens is 276 g/mol. The molecule has 0 bridgehead atoms. The smallest absolute Gasteiger partial charge is 0.182 e. The normalized spacial score (nSPS) is 12.9. The summed E-state index contributed by atoms with van der Waals surface area (Å²) in [5.74, 6) is 0. The molecule has 0 rings (SSSR count). The second-order valence-corrected chi connectivity index (χ2v) is 14.7. The second kappa shape index (κ2) is 10.1. The van der Waals surface area contributed by atoms with Gasteiger partial charge >= 0.3 is 0 Å². The summed E-state index contributed by atoms with van der Waals surface area (Å²) in [6, 6.07) is 1.81. The first-order valence-corrected chi connectivity index (χ1v) is 13.6. The van der Waals surface area contributed by atoms with Crippen molar-refractivity contribution in [3.05, 3.63) is 0 Å². The lowest BCUT2D eigenvalue weighted by atomic mass is 10.4. The summed E-state index contributed by atoms with van der Waals surface area (Å²) in [4.78, 5) is 19.3. The van der Waals surface area contributed by atoms with Crippen molar-refractivity contribution in [1.82, 2.24) is 0 Å². The highest BCUT2D eigenvalue weighted by Crippen LogP contribution is 2.08. The van der Waals surface area contributed by atoms with Gasteiger partial charge < -0.3 is 19.1 Å². The zero-order chi connectivity index (χ0) is 14.8. The van der Waals surface area contributed by atoms with Crippen LogP contribution in [-0.2, 0) is 9.47 Å². The van der Waals surface area contributed by atoms with Gasteiger partial charge in [-0.05, 0) is 57.5 Å². The van der Waals surface area contributed by atoms with Crippen LogP contribution in [0.2, 0.25) is 38.3 Å². The third-order valence-corrected chi connectivity index (χ3v) is 5.89. The maximum atomic E-state index is 9.65. The van der Waals surface area contributed by atoms with E-state index in [-0.39, 0.29) is 0 Å². The fraction of sp³-hybridized carbons (Fsp3) is 1.00. The van der Waals surface area contributed by atoms with Gasteiger partial charge in [-0.2, -0.15) is 0 Å². The molecule has 0 radical (unpaired) electrons. The average molecular weight is 309 g/mol. The molecular formula is C13H32O4Si2. The number of hydrogen-bond donors (Lipinski definition) is 2. The van der Waals surface area contributed by atoms with Gasteiger partial charge in [0.25, 0.3) is 0 Å². The molecule has 6 heteroatoms. The van der Waals surface area contributed by atoms with Crippen LogP contribution >= 0.6 is 0 Å². The van der Waals surface area contributed by atoms with Crippen molar-refractivity contribution in [2.24, 2.45) is 0 Å². The zero-order valence-corrected chi connectivity index (χ0v) is 15.1. The average Bonchev–Trinajstić information content (AvgIpc) is 2.22. The summed E-state index contributed by atoms with van der Waals surface area (Å²) in [5, 5.41) is 0. The van der Waals surface area contributed by atoms with Gasteiger partial charge in [0.05, 0.1) is 0 Å². The molecule has 0 atom stereocenters. The summed E-state index contributed by atoms with van der Waals surface area (Å²) >= 11 is 0. The molecule has 0 aliphatic carbocycles. The highest BCUT2D eigenvalue weighted by molar-refractivity contribution is 6.70. The molecule has 19 heavy (non-hydrogen) atoms. The molecule has 0 spiro atoms. The van der Waals surface area contributed by atoms with E-state index >= 15 is 0 Å². The van der Waals surface area contributed by atoms with Crippen LogP contribution < -0.4 is 0 Å². The SMILES string of the molecule is C[Si](C)(O)CCCOCCCOCCC[Si](C)(C)O. The Hall–Kier alpha value is 0.274. The highest BCUT2D eigenvalue weighted by Gasteiger charge is 2.16. The van der Waals surface area contributed by atoms with Crippen molar-refractivity contribution in [3.8, 4) is 0 Å². The monoisotopic (exact) mass is 308 g/mol. The van der Waals surface area contributed by atoms with Gasteiger partial charge in [0.2, 0.25) is 0 Å². The number of ether oxygens (including phenoxy) is 2. The summed E-state index contributed by atoms with van der Waals surface area (Å²) in [5.41, 5.74) is 0. The first-order chi connectivity index (χ1) is 8.71. The van der Waals surface area contributed by atoms with E-state index in [0.29, 0.717) is 0 Å². The van der Waals surface area contributed by atoms with Crippen molar-refractivity contribution >= 4 is 16.6 Å². The van der Waals surface area contributed by atoms with Gasteiger partial charge in [-0.15, -0.1) is 0 Å².